The highest BCUT2D eigenvalue weighted by Crippen LogP contribution is 2.34. The molecule has 5 heteroatoms. The summed E-state index contributed by atoms with van der Waals surface area (Å²) in [7, 11) is 1.99. The van der Waals surface area contributed by atoms with Gasteiger partial charge in [-0.3, -0.25) is 0 Å². The van der Waals surface area contributed by atoms with Crippen molar-refractivity contribution < 1.29 is 0 Å². The zero-order valence-electron chi connectivity index (χ0n) is 10.8. The molecule has 0 amide bonds. The van der Waals surface area contributed by atoms with Crippen LogP contribution in [0.5, 0.6) is 0 Å². The van der Waals surface area contributed by atoms with Gasteiger partial charge in [-0.05, 0) is 41.4 Å². The van der Waals surface area contributed by atoms with Crippen molar-refractivity contribution in [3.8, 4) is 9.88 Å². The third-order valence-corrected chi connectivity index (χ3v) is 5.45. The molecule has 2 aromatic rings. The van der Waals surface area contributed by atoms with Crippen LogP contribution in [0, 0.1) is 5.92 Å². The molecule has 0 atom stereocenters. The van der Waals surface area contributed by atoms with Crippen molar-refractivity contribution in [3.05, 3.63) is 26.5 Å². The number of aromatic nitrogens is 1. The van der Waals surface area contributed by atoms with E-state index in [1.54, 1.807) is 11.3 Å². The van der Waals surface area contributed by atoms with E-state index >= 15 is 0 Å². The predicted molar refractivity (Wildman–Crippen MR) is 84.4 cm³/mol. The second-order valence-electron chi connectivity index (χ2n) is 4.65. The predicted octanol–water partition coefficient (Wildman–Crippen LogP) is 4.55. The molecule has 0 saturated heterocycles. The summed E-state index contributed by atoms with van der Waals surface area (Å²) in [6.45, 7) is 5.39. The van der Waals surface area contributed by atoms with E-state index in [-0.39, 0.29) is 0 Å². The normalized spacial score (nSPS) is 11.4. The average molecular weight is 345 g/mol. The first-order valence-corrected chi connectivity index (χ1v) is 8.46. The number of nitrogens with zero attached hydrogens (tertiary/aromatic N) is 1. The number of hydrogen-bond donors (Lipinski definition) is 1. The molecule has 2 rings (SSSR count). The SMILES string of the molecule is CNCc1sc(-c2cc(Br)cs2)nc1CC(C)C. The molecule has 0 aromatic carbocycles. The smallest absolute Gasteiger partial charge is 0.133 e. The monoisotopic (exact) mass is 344 g/mol. The second-order valence-corrected chi connectivity index (χ2v) is 7.56. The zero-order valence-corrected chi connectivity index (χ0v) is 14.0. The van der Waals surface area contributed by atoms with Crippen LogP contribution in [-0.4, -0.2) is 12.0 Å². The van der Waals surface area contributed by atoms with E-state index in [0.717, 1.165) is 22.4 Å². The average Bonchev–Trinajstić information content (AvgIpc) is 2.86. The van der Waals surface area contributed by atoms with Gasteiger partial charge in [-0.15, -0.1) is 22.7 Å². The molecule has 0 spiro atoms. The summed E-state index contributed by atoms with van der Waals surface area (Å²) < 4.78 is 1.14. The van der Waals surface area contributed by atoms with Gasteiger partial charge in [-0.25, -0.2) is 4.98 Å². The van der Waals surface area contributed by atoms with Crippen LogP contribution in [0.3, 0.4) is 0 Å². The number of nitrogens with one attached hydrogen (secondary N) is 1. The molecule has 2 aromatic heterocycles. The molecule has 0 aliphatic carbocycles. The lowest BCUT2D eigenvalue weighted by Gasteiger charge is -2.03. The van der Waals surface area contributed by atoms with Gasteiger partial charge in [0.25, 0.3) is 0 Å². The fraction of sp³-hybridized carbons (Fsp3) is 0.462. The lowest BCUT2D eigenvalue weighted by molar-refractivity contribution is 0.631. The maximum Gasteiger partial charge on any atom is 0.133 e. The van der Waals surface area contributed by atoms with E-state index in [0.29, 0.717) is 5.92 Å². The van der Waals surface area contributed by atoms with Gasteiger partial charge < -0.3 is 5.32 Å². The van der Waals surface area contributed by atoms with Crippen molar-refractivity contribution in [2.24, 2.45) is 5.92 Å². The molecule has 18 heavy (non-hydrogen) atoms. The Bertz CT molecular complexity index is 517. The molecule has 2 nitrogen and oxygen atoms in total. The van der Waals surface area contributed by atoms with Crippen LogP contribution in [0.25, 0.3) is 9.88 Å². The van der Waals surface area contributed by atoms with Crippen LogP contribution in [0.1, 0.15) is 24.4 Å². The summed E-state index contributed by atoms with van der Waals surface area (Å²) in [6, 6.07) is 2.14. The van der Waals surface area contributed by atoms with Crippen LogP contribution < -0.4 is 5.32 Å². The Morgan fingerprint density at radius 2 is 2.22 bits per heavy atom. The van der Waals surface area contributed by atoms with Crippen molar-refractivity contribution in [2.75, 3.05) is 7.05 Å². The van der Waals surface area contributed by atoms with Gasteiger partial charge in [0.2, 0.25) is 0 Å². The third kappa shape index (κ3) is 3.41. The quantitative estimate of drug-likeness (QED) is 0.860. The molecule has 0 radical (unpaired) electrons. The molecule has 0 saturated carbocycles. The van der Waals surface area contributed by atoms with E-state index in [2.05, 4.69) is 46.5 Å². The molecule has 98 valence electrons. The topological polar surface area (TPSA) is 24.9 Å². The van der Waals surface area contributed by atoms with Crippen LogP contribution in [0.2, 0.25) is 0 Å². The maximum atomic E-state index is 4.82. The van der Waals surface area contributed by atoms with Crippen molar-refractivity contribution in [1.82, 2.24) is 10.3 Å². The van der Waals surface area contributed by atoms with Gasteiger partial charge in [0.1, 0.15) is 5.01 Å². The van der Waals surface area contributed by atoms with E-state index < -0.39 is 0 Å². The van der Waals surface area contributed by atoms with Gasteiger partial charge in [-0.2, -0.15) is 0 Å². The molecule has 0 unspecified atom stereocenters. The van der Waals surface area contributed by atoms with Gasteiger partial charge in [-0.1, -0.05) is 13.8 Å². The Hall–Kier alpha value is -0.230. The summed E-state index contributed by atoms with van der Waals surface area (Å²) in [6.07, 6.45) is 1.06. The molecule has 0 aliphatic heterocycles. The van der Waals surface area contributed by atoms with Crippen molar-refractivity contribution in [1.29, 1.82) is 0 Å². The Morgan fingerprint density at radius 1 is 1.44 bits per heavy atom. The lowest BCUT2D eigenvalue weighted by Crippen LogP contribution is -2.07. The summed E-state index contributed by atoms with van der Waals surface area (Å²) in [5.74, 6) is 0.644. The van der Waals surface area contributed by atoms with Gasteiger partial charge >= 0.3 is 0 Å². The summed E-state index contributed by atoms with van der Waals surface area (Å²) in [5.41, 5.74) is 1.25. The molecule has 0 fully saturated rings. The fourth-order valence-corrected chi connectivity index (χ4v) is 4.35. The Morgan fingerprint density at radius 3 is 2.78 bits per heavy atom. The third-order valence-electron chi connectivity index (χ3n) is 2.50. The van der Waals surface area contributed by atoms with E-state index in [4.69, 9.17) is 4.98 Å². The molecule has 2 heterocycles. The number of thiazole rings is 1. The Kier molecular flexibility index (Phi) is 4.95. The zero-order chi connectivity index (χ0) is 13.1. The minimum Gasteiger partial charge on any atom is -0.315 e. The van der Waals surface area contributed by atoms with Crippen molar-refractivity contribution in [2.45, 2.75) is 26.8 Å². The molecular weight excluding hydrogens is 328 g/mol. The molecule has 1 N–H and O–H groups in total. The van der Waals surface area contributed by atoms with Gasteiger partial charge in [0.05, 0.1) is 10.6 Å². The van der Waals surface area contributed by atoms with E-state index in [1.807, 2.05) is 18.4 Å². The maximum absolute atomic E-state index is 4.82. The molecule has 0 aliphatic rings. The minimum atomic E-state index is 0.644. The molecular formula is C13H17BrN2S2. The van der Waals surface area contributed by atoms with Crippen LogP contribution in [0.4, 0.5) is 0 Å². The van der Waals surface area contributed by atoms with Crippen molar-refractivity contribution >= 4 is 38.6 Å². The largest absolute Gasteiger partial charge is 0.315 e. The Labute approximate surface area is 125 Å². The Balaban J connectivity index is 2.32. The first kappa shape index (κ1) is 14.2. The van der Waals surface area contributed by atoms with Crippen LogP contribution in [-0.2, 0) is 13.0 Å². The van der Waals surface area contributed by atoms with Crippen molar-refractivity contribution in [3.63, 3.8) is 0 Å². The fourth-order valence-electron chi connectivity index (χ4n) is 1.76. The number of hydrogen-bond acceptors (Lipinski definition) is 4. The highest BCUT2D eigenvalue weighted by atomic mass is 79.9. The number of halogens is 1. The summed E-state index contributed by atoms with van der Waals surface area (Å²) in [4.78, 5) is 7.44. The minimum absolute atomic E-state index is 0.644. The van der Waals surface area contributed by atoms with E-state index in [9.17, 15) is 0 Å². The molecule has 0 bridgehead atoms. The first-order valence-electron chi connectivity index (χ1n) is 5.97. The highest BCUT2D eigenvalue weighted by Gasteiger charge is 2.14. The summed E-state index contributed by atoms with van der Waals surface area (Å²) >= 11 is 7.05. The highest BCUT2D eigenvalue weighted by molar-refractivity contribution is 9.10. The van der Waals surface area contributed by atoms with Gasteiger partial charge in [0, 0.05) is 21.3 Å². The van der Waals surface area contributed by atoms with Crippen LogP contribution >= 0.6 is 38.6 Å². The first-order chi connectivity index (χ1) is 8.60. The lowest BCUT2D eigenvalue weighted by atomic mass is 10.1. The summed E-state index contributed by atoms with van der Waals surface area (Å²) in [5, 5.41) is 6.48. The number of thiophene rings is 1. The standard InChI is InChI=1S/C13H17BrN2S2/c1-8(2)4-10-12(6-15-3)18-13(16-10)11-5-9(14)7-17-11/h5,7-8,15H,4,6H2,1-3H3. The number of rotatable bonds is 5. The van der Waals surface area contributed by atoms with Gasteiger partial charge in [0.15, 0.2) is 0 Å². The van der Waals surface area contributed by atoms with Crippen LogP contribution in [0.15, 0.2) is 15.9 Å². The second kappa shape index (κ2) is 6.28. The van der Waals surface area contributed by atoms with E-state index in [1.165, 1.54) is 15.4 Å².